The van der Waals surface area contributed by atoms with Gasteiger partial charge in [-0.25, -0.2) is 0 Å². The zero-order valence-electron chi connectivity index (χ0n) is 14.3. The van der Waals surface area contributed by atoms with Gasteiger partial charge in [0.1, 0.15) is 5.75 Å². The second kappa shape index (κ2) is 8.55. The number of methoxy groups -OCH3 is 1. The average Bonchev–Trinajstić information content (AvgIpc) is 2.67. The molecule has 1 N–H and O–H groups in total. The van der Waals surface area contributed by atoms with Crippen LogP contribution in [0.1, 0.15) is 11.1 Å². The van der Waals surface area contributed by atoms with Crippen molar-refractivity contribution in [1.82, 2.24) is 5.32 Å². The minimum absolute atomic E-state index is 0.336. The van der Waals surface area contributed by atoms with Crippen LogP contribution in [0.2, 0.25) is 0 Å². The number of anilines is 1. The highest BCUT2D eigenvalue weighted by molar-refractivity contribution is 6.40. The Morgan fingerprint density at radius 2 is 1.96 bits per heavy atom. The molecule has 2 aromatic carbocycles. The molecule has 0 radical (unpaired) electrons. The van der Waals surface area contributed by atoms with Crippen molar-refractivity contribution in [2.24, 2.45) is 0 Å². The van der Waals surface area contributed by atoms with E-state index in [0.29, 0.717) is 24.2 Å². The Morgan fingerprint density at radius 3 is 2.68 bits per heavy atom. The molecule has 0 bridgehead atoms. The lowest BCUT2D eigenvalue weighted by Crippen LogP contribution is -2.41. The Hall–Kier alpha value is -3.26. The van der Waals surface area contributed by atoms with Gasteiger partial charge in [-0.15, -0.1) is 6.42 Å². The van der Waals surface area contributed by atoms with Crippen molar-refractivity contribution in [2.75, 3.05) is 25.6 Å². The molecule has 0 unspecified atom stereocenters. The molecular formula is C20H20N2O3. The predicted octanol–water partition coefficient (Wildman–Crippen LogP) is 2.00. The standard InChI is InChI=1S/C20H20N2O3/c1-4-15-8-7-10-17(14-15)22(2)20(24)19(23)21-13-12-16-9-5-6-11-18(16)25-3/h1,5-11,14H,12-13H2,2-3H3,(H,21,23). The van der Waals surface area contributed by atoms with Gasteiger partial charge >= 0.3 is 11.8 Å². The number of hydrogen-bond acceptors (Lipinski definition) is 3. The van der Waals surface area contributed by atoms with E-state index in [-0.39, 0.29) is 0 Å². The molecule has 2 amide bonds. The van der Waals surface area contributed by atoms with Crippen molar-refractivity contribution in [3.63, 3.8) is 0 Å². The van der Waals surface area contributed by atoms with Crippen molar-refractivity contribution in [3.05, 3.63) is 59.7 Å². The molecule has 0 heterocycles. The number of rotatable bonds is 5. The third-order valence-corrected chi connectivity index (χ3v) is 3.77. The summed E-state index contributed by atoms with van der Waals surface area (Å²) in [5.41, 5.74) is 2.18. The van der Waals surface area contributed by atoms with Crippen LogP contribution < -0.4 is 15.0 Å². The molecule has 0 saturated heterocycles. The normalized spacial score (nSPS) is 9.80. The molecule has 5 heteroatoms. The van der Waals surface area contributed by atoms with Crippen molar-refractivity contribution < 1.29 is 14.3 Å². The molecule has 2 rings (SSSR count). The molecular weight excluding hydrogens is 316 g/mol. The van der Waals surface area contributed by atoms with E-state index in [4.69, 9.17) is 11.2 Å². The van der Waals surface area contributed by atoms with Gasteiger partial charge in [-0.1, -0.05) is 30.2 Å². The number of amides is 2. The Morgan fingerprint density at radius 1 is 1.20 bits per heavy atom. The molecule has 0 aliphatic rings. The maximum atomic E-state index is 12.2. The van der Waals surface area contributed by atoms with Crippen molar-refractivity contribution in [1.29, 1.82) is 0 Å². The topological polar surface area (TPSA) is 58.6 Å². The first-order chi connectivity index (χ1) is 12.1. The third kappa shape index (κ3) is 4.61. The zero-order valence-corrected chi connectivity index (χ0v) is 14.3. The quantitative estimate of drug-likeness (QED) is 0.671. The summed E-state index contributed by atoms with van der Waals surface area (Å²) in [6.45, 7) is 0.336. The van der Waals surface area contributed by atoms with E-state index in [9.17, 15) is 9.59 Å². The maximum Gasteiger partial charge on any atom is 0.316 e. The van der Waals surface area contributed by atoms with Crippen molar-refractivity contribution >= 4 is 17.5 Å². The molecule has 128 valence electrons. The number of carbonyl (C=O) groups is 2. The van der Waals surface area contributed by atoms with Crippen LogP contribution in [0.4, 0.5) is 5.69 Å². The first kappa shape index (κ1) is 18.1. The van der Waals surface area contributed by atoms with E-state index >= 15 is 0 Å². The van der Waals surface area contributed by atoms with E-state index in [0.717, 1.165) is 11.3 Å². The summed E-state index contributed by atoms with van der Waals surface area (Å²) in [4.78, 5) is 25.6. The number of hydrogen-bond donors (Lipinski definition) is 1. The van der Waals surface area contributed by atoms with E-state index in [1.807, 2.05) is 24.3 Å². The maximum absolute atomic E-state index is 12.2. The number of benzene rings is 2. The number of likely N-dealkylation sites (N-methyl/N-ethyl adjacent to an activating group) is 1. The minimum atomic E-state index is -0.663. The van der Waals surface area contributed by atoms with Gasteiger partial charge in [0.15, 0.2) is 0 Å². The van der Waals surface area contributed by atoms with Crippen LogP contribution in [-0.2, 0) is 16.0 Å². The van der Waals surface area contributed by atoms with E-state index < -0.39 is 11.8 Å². The molecule has 0 spiro atoms. The van der Waals surface area contributed by atoms with Crippen molar-refractivity contribution in [3.8, 4) is 18.1 Å². The number of ether oxygens (including phenoxy) is 1. The highest BCUT2D eigenvalue weighted by atomic mass is 16.5. The Labute approximate surface area is 147 Å². The molecule has 0 atom stereocenters. The molecule has 5 nitrogen and oxygen atoms in total. The second-order valence-corrected chi connectivity index (χ2v) is 5.38. The largest absolute Gasteiger partial charge is 0.496 e. The SMILES string of the molecule is C#Cc1cccc(N(C)C(=O)C(=O)NCCc2ccccc2OC)c1. The molecule has 0 aromatic heterocycles. The van der Waals surface area contributed by atoms with Crippen LogP contribution in [0.25, 0.3) is 0 Å². The first-order valence-corrected chi connectivity index (χ1v) is 7.81. The van der Waals surface area contributed by atoms with Gasteiger partial charge in [0.2, 0.25) is 0 Å². The molecule has 0 aliphatic carbocycles. The van der Waals surface area contributed by atoms with Crippen LogP contribution in [0, 0.1) is 12.3 Å². The second-order valence-electron chi connectivity index (χ2n) is 5.38. The number of carbonyl (C=O) groups excluding carboxylic acids is 2. The Kier molecular flexibility index (Phi) is 6.19. The molecule has 0 saturated carbocycles. The van der Waals surface area contributed by atoms with E-state index in [1.165, 1.54) is 11.9 Å². The van der Waals surface area contributed by atoms with Crippen LogP contribution in [0.15, 0.2) is 48.5 Å². The van der Waals surface area contributed by atoms with Gasteiger partial charge in [0.25, 0.3) is 0 Å². The Bertz CT molecular complexity index is 809. The lowest BCUT2D eigenvalue weighted by molar-refractivity contribution is -0.137. The number of para-hydroxylation sites is 1. The summed E-state index contributed by atoms with van der Waals surface area (Å²) in [5.74, 6) is 1.95. The average molecular weight is 336 g/mol. The van der Waals surface area contributed by atoms with Gasteiger partial charge in [-0.3, -0.25) is 9.59 Å². The van der Waals surface area contributed by atoms with Gasteiger partial charge < -0.3 is 15.0 Å². The van der Waals surface area contributed by atoms with Crippen molar-refractivity contribution in [2.45, 2.75) is 6.42 Å². The molecule has 25 heavy (non-hydrogen) atoms. The zero-order chi connectivity index (χ0) is 18.2. The number of terminal acetylenes is 1. The van der Waals surface area contributed by atoms with Gasteiger partial charge in [0.05, 0.1) is 7.11 Å². The fourth-order valence-electron chi connectivity index (χ4n) is 2.37. The monoisotopic (exact) mass is 336 g/mol. The summed E-state index contributed by atoms with van der Waals surface area (Å²) in [7, 11) is 3.14. The first-order valence-electron chi connectivity index (χ1n) is 7.81. The fourth-order valence-corrected chi connectivity index (χ4v) is 2.37. The Balaban J connectivity index is 1.93. The summed E-state index contributed by atoms with van der Waals surface area (Å²) >= 11 is 0. The summed E-state index contributed by atoms with van der Waals surface area (Å²) in [6.07, 6.45) is 5.93. The van der Waals surface area contributed by atoms with Crippen LogP contribution in [0.5, 0.6) is 5.75 Å². The van der Waals surface area contributed by atoms with E-state index in [2.05, 4.69) is 11.2 Å². The van der Waals surface area contributed by atoms with E-state index in [1.54, 1.807) is 31.4 Å². The molecule has 0 aliphatic heterocycles. The fraction of sp³-hybridized carbons (Fsp3) is 0.200. The highest BCUT2D eigenvalue weighted by Crippen LogP contribution is 2.17. The molecule has 2 aromatic rings. The highest BCUT2D eigenvalue weighted by Gasteiger charge is 2.19. The minimum Gasteiger partial charge on any atom is -0.496 e. The van der Waals surface area contributed by atoms with Crippen LogP contribution >= 0.6 is 0 Å². The third-order valence-electron chi connectivity index (χ3n) is 3.77. The summed E-state index contributed by atoms with van der Waals surface area (Å²) < 4.78 is 5.26. The lowest BCUT2D eigenvalue weighted by atomic mass is 10.1. The summed E-state index contributed by atoms with van der Waals surface area (Å²) in [6, 6.07) is 14.5. The summed E-state index contributed by atoms with van der Waals surface area (Å²) in [5, 5.41) is 2.64. The van der Waals surface area contributed by atoms with Crippen LogP contribution in [-0.4, -0.2) is 32.5 Å². The van der Waals surface area contributed by atoms with Crippen LogP contribution in [0.3, 0.4) is 0 Å². The predicted molar refractivity (Wildman–Crippen MR) is 97.5 cm³/mol. The van der Waals surface area contributed by atoms with Gasteiger partial charge in [-0.05, 0) is 36.2 Å². The van der Waals surface area contributed by atoms with Gasteiger partial charge in [-0.2, -0.15) is 0 Å². The number of nitrogens with one attached hydrogen (secondary N) is 1. The smallest absolute Gasteiger partial charge is 0.316 e. The molecule has 0 fully saturated rings. The van der Waals surface area contributed by atoms with Gasteiger partial charge in [0, 0.05) is 24.8 Å². The number of nitrogens with zero attached hydrogens (tertiary/aromatic N) is 1. The lowest BCUT2D eigenvalue weighted by Gasteiger charge is -2.17.